The van der Waals surface area contributed by atoms with Gasteiger partial charge in [0.1, 0.15) is 11.5 Å². The zero-order valence-electron chi connectivity index (χ0n) is 9.54. The van der Waals surface area contributed by atoms with Gasteiger partial charge in [-0.25, -0.2) is 9.07 Å². The first-order chi connectivity index (χ1) is 8.13. The number of benzene rings is 1. The molecule has 17 heavy (non-hydrogen) atoms. The van der Waals surface area contributed by atoms with Gasteiger partial charge in [0.2, 0.25) is 0 Å². The third-order valence-corrected chi connectivity index (χ3v) is 3.01. The van der Waals surface area contributed by atoms with E-state index in [1.807, 2.05) is 7.05 Å². The minimum absolute atomic E-state index is 0.245. The molecule has 1 aromatic heterocycles. The van der Waals surface area contributed by atoms with Crippen LogP contribution in [0.4, 0.5) is 4.39 Å². The molecule has 0 spiro atoms. The standard InChI is InChI=1S/C11H12BrFN4/c1-14-6-7-5-8(13)3-4-9(7)10-11(12)15-16-17(10)2/h3-5,14H,6H2,1-2H3. The van der Waals surface area contributed by atoms with Crippen LogP contribution in [0, 0.1) is 5.82 Å². The summed E-state index contributed by atoms with van der Waals surface area (Å²) >= 11 is 3.35. The molecule has 0 saturated carbocycles. The average molecular weight is 299 g/mol. The fourth-order valence-corrected chi connectivity index (χ4v) is 2.29. The van der Waals surface area contributed by atoms with Gasteiger partial charge >= 0.3 is 0 Å². The SMILES string of the molecule is CNCc1cc(F)ccc1-c1c(Br)nnn1C. The molecule has 2 rings (SSSR count). The molecular weight excluding hydrogens is 287 g/mol. The molecule has 1 heterocycles. The zero-order valence-corrected chi connectivity index (χ0v) is 11.1. The lowest BCUT2D eigenvalue weighted by molar-refractivity contribution is 0.624. The van der Waals surface area contributed by atoms with E-state index >= 15 is 0 Å². The molecule has 0 atom stereocenters. The van der Waals surface area contributed by atoms with Crippen molar-refractivity contribution >= 4 is 15.9 Å². The second-order valence-corrected chi connectivity index (χ2v) is 4.44. The lowest BCUT2D eigenvalue weighted by atomic mass is 10.0. The van der Waals surface area contributed by atoms with Crippen molar-refractivity contribution in [3.05, 3.63) is 34.2 Å². The van der Waals surface area contributed by atoms with E-state index < -0.39 is 0 Å². The molecule has 0 amide bonds. The number of rotatable bonds is 3. The Balaban J connectivity index is 2.58. The Labute approximate surface area is 107 Å². The summed E-state index contributed by atoms with van der Waals surface area (Å²) < 4.78 is 15.6. The zero-order chi connectivity index (χ0) is 12.4. The van der Waals surface area contributed by atoms with Crippen molar-refractivity contribution in [2.24, 2.45) is 7.05 Å². The summed E-state index contributed by atoms with van der Waals surface area (Å²) in [5.41, 5.74) is 2.63. The first kappa shape index (κ1) is 12.2. The van der Waals surface area contributed by atoms with Crippen molar-refractivity contribution in [3.8, 4) is 11.3 Å². The molecule has 6 heteroatoms. The lowest BCUT2D eigenvalue weighted by Crippen LogP contribution is -2.08. The Kier molecular flexibility index (Phi) is 3.54. The number of aryl methyl sites for hydroxylation is 1. The summed E-state index contributed by atoms with van der Waals surface area (Å²) in [7, 11) is 3.63. The van der Waals surface area contributed by atoms with Crippen LogP contribution in [0.3, 0.4) is 0 Å². The van der Waals surface area contributed by atoms with E-state index in [-0.39, 0.29) is 5.82 Å². The minimum atomic E-state index is -0.245. The highest BCUT2D eigenvalue weighted by molar-refractivity contribution is 9.10. The Hall–Kier alpha value is -1.27. The van der Waals surface area contributed by atoms with Crippen LogP contribution in [0.25, 0.3) is 11.3 Å². The third-order valence-electron chi connectivity index (χ3n) is 2.48. The van der Waals surface area contributed by atoms with Gasteiger partial charge in [0.05, 0.1) is 0 Å². The van der Waals surface area contributed by atoms with Crippen LogP contribution >= 0.6 is 15.9 Å². The van der Waals surface area contributed by atoms with Crippen LogP contribution in [0.15, 0.2) is 22.8 Å². The highest BCUT2D eigenvalue weighted by Crippen LogP contribution is 2.29. The molecule has 0 radical (unpaired) electrons. The van der Waals surface area contributed by atoms with Crippen molar-refractivity contribution < 1.29 is 4.39 Å². The summed E-state index contributed by atoms with van der Waals surface area (Å²) in [5.74, 6) is -0.245. The molecule has 0 bridgehead atoms. The van der Waals surface area contributed by atoms with Gasteiger partial charge in [-0.2, -0.15) is 0 Å². The van der Waals surface area contributed by atoms with E-state index in [1.54, 1.807) is 17.8 Å². The van der Waals surface area contributed by atoms with E-state index in [1.165, 1.54) is 12.1 Å². The van der Waals surface area contributed by atoms with Crippen LogP contribution in [0.2, 0.25) is 0 Å². The predicted molar refractivity (Wildman–Crippen MR) is 66.9 cm³/mol. The molecule has 1 aromatic carbocycles. The van der Waals surface area contributed by atoms with Crippen LogP contribution in [0.5, 0.6) is 0 Å². The van der Waals surface area contributed by atoms with Crippen LogP contribution in [-0.4, -0.2) is 22.0 Å². The van der Waals surface area contributed by atoms with Crippen LogP contribution < -0.4 is 5.32 Å². The number of nitrogens with one attached hydrogen (secondary N) is 1. The van der Waals surface area contributed by atoms with Gasteiger partial charge in [0, 0.05) is 19.2 Å². The Bertz CT molecular complexity index is 519. The molecule has 90 valence electrons. The second kappa shape index (κ2) is 4.93. The van der Waals surface area contributed by atoms with E-state index in [0.29, 0.717) is 11.1 Å². The maximum absolute atomic E-state index is 13.2. The quantitative estimate of drug-likeness (QED) is 0.944. The first-order valence-corrected chi connectivity index (χ1v) is 5.91. The van der Waals surface area contributed by atoms with Gasteiger partial charge in [-0.3, -0.25) is 0 Å². The van der Waals surface area contributed by atoms with E-state index in [4.69, 9.17) is 0 Å². The van der Waals surface area contributed by atoms with E-state index in [9.17, 15) is 4.39 Å². The molecule has 0 aliphatic heterocycles. The van der Waals surface area contributed by atoms with Gasteiger partial charge in [0.15, 0.2) is 4.60 Å². The molecule has 0 fully saturated rings. The van der Waals surface area contributed by atoms with Gasteiger partial charge in [-0.05, 0) is 46.7 Å². The topological polar surface area (TPSA) is 42.7 Å². The highest BCUT2D eigenvalue weighted by Gasteiger charge is 2.14. The van der Waals surface area contributed by atoms with Crippen molar-refractivity contribution in [2.75, 3.05) is 7.05 Å². The molecule has 0 aliphatic rings. The highest BCUT2D eigenvalue weighted by atomic mass is 79.9. The van der Waals surface area contributed by atoms with Gasteiger partial charge < -0.3 is 5.32 Å². The minimum Gasteiger partial charge on any atom is -0.316 e. The summed E-state index contributed by atoms with van der Waals surface area (Å²) in [4.78, 5) is 0. The lowest BCUT2D eigenvalue weighted by Gasteiger charge is -2.09. The Morgan fingerprint density at radius 1 is 1.47 bits per heavy atom. The van der Waals surface area contributed by atoms with Crippen molar-refractivity contribution in [3.63, 3.8) is 0 Å². The summed E-state index contributed by atoms with van der Waals surface area (Å²) in [6, 6.07) is 4.70. The maximum atomic E-state index is 13.2. The van der Waals surface area contributed by atoms with Crippen molar-refractivity contribution in [1.82, 2.24) is 20.3 Å². The fourth-order valence-electron chi connectivity index (χ4n) is 1.75. The van der Waals surface area contributed by atoms with Gasteiger partial charge in [0.25, 0.3) is 0 Å². The number of aromatic nitrogens is 3. The number of halogens is 2. The first-order valence-electron chi connectivity index (χ1n) is 5.12. The van der Waals surface area contributed by atoms with Crippen molar-refractivity contribution in [1.29, 1.82) is 0 Å². The van der Waals surface area contributed by atoms with Crippen LogP contribution in [-0.2, 0) is 13.6 Å². The summed E-state index contributed by atoms with van der Waals surface area (Å²) in [5, 5.41) is 10.9. The second-order valence-electron chi connectivity index (χ2n) is 3.68. The van der Waals surface area contributed by atoms with Gasteiger partial charge in [-0.15, -0.1) is 5.10 Å². The molecule has 2 aromatic rings. The molecule has 1 N–H and O–H groups in total. The smallest absolute Gasteiger partial charge is 0.156 e. The predicted octanol–water partition coefficient (Wildman–Crippen LogP) is 2.10. The molecular formula is C11H12BrFN4. The number of hydrogen-bond acceptors (Lipinski definition) is 3. The number of hydrogen-bond donors (Lipinski definition) is 1. The molecule has 0 unspecified atom stereocenters. The number of nitrogens with zero attached hydrogens (tertiary/aromatic N) is 3. The van der Waals surface area contributed by atoms with E-state index in [0.717, 1.165) is 16.8 Å². The molecule has 0 aliphatic carbocycles. The molecule has 4 nitrogen and oxygen atoms in total. The Morgan fingerprint density at radius 2 is 2.24 bits per heavy atom. The Morgan fingerprint density at radius 3 is 2.82 bits per heavy atom. The largest absolute Gasteiger partial charge is 0.316 e. The normalized spacial score (nSPS) is 10.8. The summed E-state index contributed by atoms with van der Waals surface area (Å²) in [6.45, 7) is 0.588. The summed E-state index contributed by atoms with van der Waals surface area (Å²) in [6.07, 6.45) is 0. The molecule has 0 saturated heterocycles. The van der Waals surface area contributed by atoms with Crippen LogP contribution in [0.1, 0.15) is 5.56 Å². The maximum Gasteiger partial charge on any atom is 0.156 e. The monoisotopic (exact) mass is 298 g/mol. The van der Waals surface area contributed by atoms with Crippen molar-refractivity contribution in [2.45, 2.75) is 6.54 Å². The van der Waals surface area contributed by atoms with Gasteiger partial charge in [-0.1, -0.05) is 5.21 Å². The average Bonchev–Trinajstić information content (AvgIpc) is 2.61. The third kappa shape index (κ3) is 2.37. The van der Waals surface area contributed by atoms with E-state index in [2.05, 4.69) is 31.6 Å². The fraction of sp³-hybridized carbons (Fsp3) is 0.273.